The molecule has 1 unspecified atom stereocenters. The summed E-state index contributed by atoms with van der Waals surface area (Å²) in [6.07, 6.45) is 4.42. The number of carbonyl (C=O) groups excluding carboxylic acids is 1. The molecule has 2 amide bonds. The molecule has 1 aliphatic heterocycles. The number of carbonyl (C=O) groups is 2. The summed E-state index contributed by atoms with van der Waals surface area (Å²) in [4.78, 5) is 35.7. The van der Waals surface area contributed by atoms with Crippen molar-refractivity contribution in [2.45, 2.75) is 31.8 Å². The third kappa shape index (κ3) is 6.63. The van der Waals surface area contributed by atoms with Gasteiger partial charge in [0.2, 0.25) is 0 Å². The molecule has 1 aliphatic carbocycles. The fourth-order valence-electron chi connectivity index (χ4n) is 5.48. The van der Waals surface area contributed by atoms with Crippen molar-refractivity contribution in [1.82, 2.24) is 20.6 Å². The van der Waals surface area contributed by atoms with Crippen molar-refractivity contribution in [3.05, 3.63) is 54.2 Å². The van der Waals surface area contributed by atoms with Crippen LogP contribution >= 0.6 is 0 Å². The zero-order valence-corrected chi connectivity index (χ0v) is 21.9. The average molecular weight is 534 g/mol. The van der Waals surface area contributed by atoms with Gasteiger partial charge in [-0.15, -0.1) is 0 Å². The van der Waals surface area contributed by atoms with Crippen LogP contribution < -0.4 is 15.5 Å². The molecule has 4 N–H and O–H groups in total. The Hall–Kier alpha value is -3.76. The number of aliphatic hydroxyl groups is 1. The largest absolute Gasteiger partial charge is 0.465 e. The van der Waals surface area contributed by atoms with Crippen LogP contribution in [0.25, 0.3) is 22.2 Å². The van der Waals surface area contributed by atoms with Crippen LogP contribution in [0.4, 0.5) is 10.6 Å². The first kappa shape index (κ1) is 26.8. The number of pyridine rings is 2. The summed E-state index contributed by atoms with van der Waals surface area (Å²) in [5.74, 6) is 1.43. The van der Waals surface area contributed by atoms with Gasteiger partial charge in [0.15, 0.2) is 0 Å². The number of aliphatic hydroxyl groups excluding tert-OH is 1. The summed E-state index contributed by atoms with van der Waals surface area (Å²) < 4.78 is 5.54. The van der Waals surface area contributed by atoms with Gasteiger partial charge in [-0.2, -0.15) is 0 Å². The Kier molecular flexibility index (Phi) is 8.53. The second kappa shape index (κ2) is 12.4. The van der Waals surface area contributed by atoms with Gasteiger partial charge < -0.3 is 30.5 Å². The Morgan fingerprint density at radius 3 is 2.46 bits per heavy atom. The minimum absolute atomic E-state index is 0.0219. The van der Waals surface area contributed by atoms with Crippen molar-refractivity contribution in [3.63, 3.8) is 0 Å². The van der Waals surface area contributed by atoms with Gasteiger partial charge in [-0.1, -0.05) is 18.2 Å². The first-order chi connectivity index (χ1) is 19.0. The number of nitrogens with one attached hydrogen (secondary N) is 2. The summed E-state index contributed by atoms with van der Waals surface area (Å²) in [6, 6.07) is 13.4. The lowest BCUT2D eigenvalue weighted by molar-refractivity contribution is 0.00336. The van der Waals surface area contributed by atoms with Gasteiger partial charge in [-0.05, 0) is 61.8 Å². The topological polar surface area (TPSA) is 137 Å². The average Bonchev–Trinajstić information content (AvgIpc) is 2.99. The molecular formula is C29H35N5O5. The Morgan fingerprint density at radius 1 is 1.03 bits per heavy atom. The van der Waals surface area contributed by atoms with E-state index < -0.39 is 6.09 Å². The molecule has 1 saturated carbocycles. The maximum absolute atomic E-state index is 13.4. The molecule has 5 rings (SSSR count). The number of rotatable bonds is 8. The monoisotopic (exact) mass is 533 g/mol. The maximum Gasteiger partial charge on any atom is 0.404 e. The molecule has 1 atom stereocenters. The minimum Gasteiger partial charge on any atom is -0.465 e. The lowest BCUT2D eigenvalue weighted by Crippen LogP contribution is -2.44. The van der Waals surface area contributed by atoms with Crippen LogP contribution in [-0.4, -0.2) is 77.7 Å². The van der Waals surface area contributed by atoms with Crippen molar-refractivity contribution >= 4 is 28.7 Å². The quantitative estimate of drug-likeness (QED) is 0.346. The third-order valence-electron chi connectivity index (χ3n) is 7.73. The number of anilines is 1. The van der Waals surface area contributed by atoms with Crippen molar-refractivity contribution < 1.29 is 24.5 Å². The number of carboxylic acid groups (broad SMARTS) is 1. The van der Waals surface area contributed by atoms with Gasteiger partial charge >= 0.3 is 6.09 Å². The molecule has 10 nitrogen and oxygen atoms in total. The Labute approximate surface area is 227 Å². The van der Waals surface area contributed by atoms with E-state index in [1.165, 1.54) is 0 Å². The van der Waals surface area contributed by atoms with Gasteiger partial charge in [0.25, 0.3) is 5.91 Å². The molecule has 0 spiro atoms. The molecule has 2 aromatic heterocycles. The number of para-hydroxylation sites is 1. The number of nitrogens with zero attached hydrogens (tertiary/aromatic N) is 3. The molecule has 3 heterocycles. The van der Waals surface area contributed by atoms with Crippen molar-refractivity contribution in [2.24, 2.45) is 11.8 Å². The Bertz CT molecular complexity index is 1290. The normalized spacial score (nSPS) is 21.5. The number of benzene rings is 1. The number of hydrogen-bond donors (Lipinski definition) is 4. The highest BCUT2D eigenvalue weighted by Crippen LogP contribution is 2.29. The second-order valence-corrected chi connectivity index (χ2v) is 10.4. The van der Waals surface area contributed by atoms with E-state index >= 15 is 0 Å². The lowest BCUT2D eigenvalue weighted by Gasteiger charge is -2.32. The van der Waals surface area contributed by atoms with E-state index in [0.29, 0.717) is 55.9 Å². The number of morpholine rings is 1. The summed E-state index contributed by atoms with van der Waals surface area (Å²) in [7, 11) is 0. The molecule has 1 aromatic carbocycles. The van der Waals surface area contributed by atoms with Crippen LogP contribution in [0, 0.1) is 11.8 Å². The molecule has 10 heteroatoms. The SMILES string of the molecule is O=C(O)NCC1CCC(CNC(=O)c2cc(-c3ccc(N4CCOC(CO)C4)nc3)nc3ccccc23)CC1. The summed E-state index contributed by atoms with van der Waals surface area (Å²) in [5, 5.41) is 24.7. The van der Waals surface area contributed by atoms with E-state index in [1.54, 1.807) is 6.20 Å². The molecule has 0 radical (unpaired) electrons. The van der Waals surface area contributed by atoms with E-state index in [4.69, 9.17) is 14.8 Å². The highest BCUT2D eigenvalue weighted by molar-refractivity contribution is 6.07. The van der Waals surface area contributed by atoms with Crippen LogP contribution in [-0.2, 0) is 4.74 Å². The van der Waals surface area contributed by atoms with E-state index in [2.05, 4.69) is 20.5 Å². The number of aromatic nitrogens is 2. The highest BCUT2D eigenvalue weighted by atomic mass is 16.5. The predicted octanol–water partition coefficient (Wildman–Crippen LogP) is 3.30. The van der Waals surface area contributed by atoms with E-state index in [1.807, 2.05) is 42.5 Å². The van der Waals surface area contributed by atoms with E-state index in [9.17, 15) is 14.7 Å². The number of amides is 2. The van der Waals surface area contributed by atoms with Gasteiger partial charge in [0.05, 0.1) is 36.1 Å². The Morgan fingerprint density at radius 2 is 1.77 bits per heavy atom. The van der Waals surface area contributed by atoms with Crippen molar-refractivity contribution in [2.75, 3.05) is 44.3 Å². The first-order valence-electron chi connectivity index (χ1n) is 13.6. The zero-order chi connectivity index (χ0) is 27.2. The number of hydrogen-bond acceptors (Lipinski definition) is 7. The zero-order valence-electron chi connectivity index (χ0n) is 21.9. The number of ether oxygens (including phenoxy) is 1. The fraction of sp³-hybridized carbons (Fsp3) is 0.448. The molecular weight excluding hydrogens is 498 g/mol. The Balaban J connectivity index is 1.27. The molecule has 2 fully saturated rings. The second-order valence-electron chi connectivity index (χ2n) is 10.4. The van der Waals surface area contributed by atoms with Gasteiger partial charge in [-0.3, -0.25) is 4.79 Å². The van der Waals surface area contributed by atoms with Gasteiger partial charge in [0, 0.05) is 43.3 Å². The van der Waals surface area contributed by atoms with Gasteiger partial charge in [0.1, 0.15) is 5.82 Å². The van der Waals surface area contributed by atoms with Gasteiger partial charge in [-0.25, -0.2) is 14.8 Å². The predicted molar refractivity (Wildman–Crippen MR) is 148 cm³/mol. The highest BCUT2D eigenvalue weighted by Gasteiger charge is 2.23. The van der Waals surface area contributed by atoms with E-state index in [0.717, 1.165) is 48.0 Å². The summed E-state index contributed by atoms with van der Waals surface area (Å²) in [5.41, 5.74) is 2.82. The minimum atomic E-state index is -0.978. The van der Waals surface area contributed by atoms with E-state index in [-0.39, 0.29) is 18.6 Å². The maximum atomic E-state index is 13.4. The smallest absolute Gasteiger partial charge is 0.404 e. The first-order valence-corrected chi connectivity index (χ1v) is 13.6. The molecule has 206 valence electrons. The summed E-state index contributed by atoms with van der Waals surface area (Å²) >= 11 is 0. The standard InChI is InChI=1S/C29H35N5O5/c35-18-22-17-34(11-12-39-22)27-10-9-21(16-30-27)26-13-24(23-3-1-2-4-25(23)33-26)28(36)31-14-19-5-7-20(8-6-19)15-32-29(37)38/h1-4,9-10,13,16,19-20,22,32,35H,5-8,11-12,14-15,17-18H2,(H,31,36)(H,37,38). The lowest BCUT2D eigenvalue weighted by atomic mass is 9.82. The molecule has 2 aliphatic rings. The van der Waals surface area contributed by atoms with Crippen LogP contribution in [0.15, 0.2) is 48.7 Å². The van der Waals surface area contributed by atoms with Crippen LogP contribution in [0.3, 0.4) is 0 Å². The summed E-state index contributed by atoms with van der Waals surface area (Å²) in [6.45, 7) is 2.90. The fourth-order valence-corrected chi connectivity index (χ4v) is 5.48. The van der Waals surface area contributed by atoms with Crippen LogP contribution in [0.1, 0.15) is 36.0 Å². The molecule has 3 aromatic rings. The molecule has 1 saturated heterocycles. The number of fused-ring (bicyclic) bond motifs is 1. The van der Waals surface area contributed by atoms with Crippen LogP contribution in [0.2, 0.25) is 0 Å². The van der Waals surface area contributed by atoms with Crippen molar-refractivity contribution in [3.8, 4) is 11.3 Å². The third-order valence-corrected chi connectivity index (χ3v) is 7.73. The molecule has 39 heavy (non-hydrogen) atoms. The molecule has 0 bridgehead atoms. The van der Waals surface area contributed by atoms with Crippen molar-refractivity contribution in [1.29, 1.82) is 0 Å². The van der Waals surface area contributed by atoms with Crippen LogP contribution in [0.5, 0.6) is 0 Å².